The van der Waals surface area contributed by atoms with Crippen LogP contribution in [0, 0.1) is 13.8 Å². The van der Waals surface area contributed by atoms with Gasteiger partial charge in [0.15, 0.2) is 12.4 Å². The van der Waals surface area contributed by atoms with E-state index in [2.05, 4.69) is 14.9 Å². The third kappa shape index (κ3) is 3.77. The van der Waals surface area contributed by atoms with Crippen LogP contribution in [0.4, 0.5) is 5.82 Å². The molecule has 142 valence electrons. The van der Waals surface area contributed by atoms with Crippen molar-refractivity contribution in [1.82, 2.24) is 9.97 Å². The van der Waals surface area contributed by atoms with Crippen LogP contribution in [0.25, 0.3) is 0 Å². The summed E-state index contributed by atoms with van der Waals surface area (Å²) in [7, 11) is 0. The van der Waals surface area contributed by atoms with Crippen molar-refractivity contribution in [3.8, 4) is 0 Å². The molecule has 1 aliphatic rings. The molecule has 3 heterocycles. The Bertz CT molecular complexity index is 895. The number of anilines is 1. The number of nitrogens with zero attached hydrogens (tertiary/aromatic N) is 2. The summed E-state index contributed by atoms with van der Waals surface area (Å²) in [5, 5.41) is 0. The quantitative estimate of drug-likeness (QED) is 0.622. The summed E-state index contributed by atoms with van der Waals surface area (Å²) in [6.07, 6.45) is 3.77. The maximum absolute atomic E-state index is 12.5. The fraction of sp³-hybridized carbons (Fsp3) is 0.400. The number of hydrogen-bond donors (Lipinski definition) is 1. The van der Waals surface area contributed by atoms with Crippen LogP contribution >= 0.6 is 0 Å². The molecule has 0 bridgehead atoms. The van der Waals surface area contributed by atoms with E-state index in [1.807, 2.05) is 0 Å². The molecule has 1 saturated heterocycles. The lowest BCUT2D eigenvalue weighted by molar-refractivity contribution is 0.0473. The fourth-order valence-corrected chi connectivity index (χ4v) is 3.58. The first kappa shape index (κ1) is 18.8. The molecule has 0 amide bonds. The van der Waals surface area contributed by atoms with Gasteiger partial charge in [0.25, 0.3) is 0 Å². The molecular formula is C20H23N3O4. The molecule has 0 aliphatic carbocycles. The number of nitrogens with one attached hydrogen (secondary N) is 1. The third-order valence-corrected chi connectivity index (χ3v) is 4.81. The summed E-state index contributed by atoms with van der Waals surface area (Å²) >= 11 is 0. The molecule has 0 aromatic carbocycles. The lowest BCUT2D eigenvalue weighted by Crippen LogP contribution is -2.23. The smallest absolute Gasteiger partial charge is 0.342 e. The van der Waals surface area contributed by atoms with Gasteiger partial charge in [-0.05, 0) is 51.3 Å². The predicted molar refractivity (Wildman–Crippen MR) is 101 cm³/mol. The molecule has 0 unspecified atom stereocenters. The minimum Gasteiger partial charge on any atom is -0.454 e. The topological polar surface area (TPSA) is 92.4 Å². The minimum absolute atomic E-state index is 0.108. The summed E-state index contributed by atoms with van der Waals surface area (Å²) < 4.78 is 5.25. The van der Waals surface area contributed by atoms with Crippen molar-refractivity contribution >= 4 is 23.4 Å². The Kier molecular flexibility index (Phi) is 5.39. The summed E-state index contributed by atoms with van der Waals surface area (Å²) in [5.41, 5.74) is 2.39. The lowest BCUT2D eigenvalue weighted by Gasteiger charge is -2.18. The van der Waals surface area contributed by atoms with Crippen molar-refractivity contribution in [2.24, 2.45) is 0 Å². The number of aryl methyl sites for hydroxylation is 1. The van der Waals surface area contributed by atoms with Gasteiger partial charge in [-0.1, -0.05) is 0 Å². The zero-order valence-electron chi connectivity index (χ0n) is 15.8. The second-order valence-electron chi connectivity index (χ2n) is 6.75. The maximum atomic E-state index is 12.5. The molecule has 1 N–H and O–H groups in total. The van der Waals surface area contributed by atoms with Gasteiger partial charge in [0, 0.05) is 30.5 Å². The summed E-state index contributed by atoms with van der Waals surface area (Å²) in [4.78, 5) is 46.0. The van der Waals surface area contributed by atoms with E-state index >= 15 is 0 Å². The minimum atomic E-state index is -0.578. The number of carbonyl (C=O) groups is 3. The molecule has 7 nitrogen and oxygen atoms in total. The molecule has 27 heavy (non-hydrogen) atoms. The summed E-state index contributed by atoms with van der Waals surface area (Å²) in [5.74, 6) is -0.463. The first-order valence-corrected chi connectivity index (χ1v) is 9.00. The van der Waals surface area contributed by atoms with E-state index in [9.17, 15) is 14.4 Å². The number of pyridine rings is 1. The number of hydrogen-bond acceptors (Lipinski definition) is 6. The number of aromatic amines is 1. The Morgan fingerprint density at radius 3 is 2.56 bits per heavy atom. The van der Waals surface area contributed by atoms with E-state index in [-0.39, 0.29) is 11.6 Å². The van der Waals surface area contributed by atoms with Crippen LogP contribution in [-0.2, 0) is 4.74 Å². The highest BCUT2D eigenvalue weighted by atomic mass is 16.5. The van der Waals surface area contributed by atoms with Gasteiger partial charge in [-0.3, -0.25) is 9.59 Å². The van der Waals surface area contributed by atoms with E-state index in [0.717, 1.165) is 25.9 Å². The number of esters is 1. The predicted octanol–water partition coefficient (Wildman–Crippen LogP) is 2.87. The second-order valence-corrected chi connectivity index (χ2v) is 6.75. The van der Waals surface area contributed by atoms with Crippen LogP contribution in [0.3, 0.4) is 0 Å². The molecule has 7 heteroatoms. The van der Waals surface area contributed by atoms with Crippen LogP contribution in [0.1, 0.15) is 62.2 Å². The van der Waals surface area contributed by atoms with E-state index in [1.165, 1.54) is 6.92 Å². The average molecular weight is 369 g/mol. The Morgan fingerprint density at radius 2 is 1.93 bits per heavy atom. The molecule has 3 rings (SSSR count). The summed E-state index contributed by atoms with van der Waals surface area (Å²) in [6.45, 7) is 6.22. The van der Waals surface area contributed by atoms with E-state index in [1.54, 1.807) is 32.2 Å². The average Bonchev–Trinajstić information content (AvgIpc) is 3.27. The van der Waals surface area contributed by atoms with Crippen molar-refractivity contribution in [3.63, 3.8) is 0 Å². The Labute approximate surface area is 157 Å². The van der Waals surface area contributed by atoms with Crippen LogP contribution < -0.4 is 4.90 Å². The standard InChI is InChI=1S/C20H23N3O4/c1-12-17(14(3)24)13(2)22-18(12)16(25)11-27-20(26)15-7-6-8-21-19(15)23-9-4-5-10-23/h6-8,22H,4-5,9-11H2,1-3H3. The fourth-order valence-electron chi connectivity index (χ4n) is 3.58. The molecule has 0 saturated carbocycles. The number of ketones is 2. The molecule has 0 spiro atoms. The van der Waals surface area contributed by atoms with Crippen molar-refractivity contribution in [2.45, 2.75) is 33.6 Å². The molecular weight excluding hydrogens is 346 g/mol. The van der Waals surface area contributed by atoms with Gasteiger partial charge < -0.3 is 14.6 Å². The molecule has 0 radical (unpaired) electrons. The first-order valence-electron chi connectivity index (χ1n) is 9.00. The molecule has 2 aromatic heterocycles. The zero-order chi connectivity index (χ0) is 19.6. The number of Topliss-reactive ketones (excluding diaryl/α,β-unsaturated/α-hetero) is 2. The third-order valence-electron chi connectivity index (χ3n) is 4.81. The maximum Gasteiger partial charge on any atom is 0.342 e. The summed E-state index contributed by atoms with van der Waals surface area (Å²) in [6, 6.07) is 3.33. The monoisotopic (exact) mass is 369 g/mol. The van der Waals surface area contributed by atoms with E-state index < -0.39 is 12.6 Å². The Hall–Kier alpha value is -2.96. The molecule has 1 fully saturated rings. The van der Waals surface area contributed by atoms with Gasteiger partial charge in [-0.2, -0.15) is 0 Å². The van der Waals surface area contributed by atoms with E-state index in [0.29, 0.717) is 33.9 Å². The van der Waals surface area contributed by atoms with Crippen molar-refractivity contribution in [1.29, 1.82) is 0 Å². The highest BCUT2D eigenvalue weighted by molar-refractivity contribution is 6.04. The number of ether oxygens (including phenoxy) is 1. The number of rotatable bonds is 6. The van der Waals surface area contributed by atoms with Gasteiger partial charge in [-0.25, -0.2) is 9.78 Å². The van der Waals surface area contributed by atoms with Gasteiger partial charge in [0.2, 0.25) is 5.78 Å². The van der Waals surface area contributed by atoms with E-state index in [4.69, 9.17) is 4.74 Å². The van der Waals surface area contributed by atoms with Crippen LogP contribution in [0.15, 0.2) is 18.3 Å². The van der Waals surface area contributed by atoms with Crippen LogP contribution in [0.2, 0.25) is 0 Å². The van der Waals surface area contributed by atoms with Gasteiger partial charge in [0.1, 0.15) is 11.4 Å². The number of H-pyrrole nitrogens is 1. The SMILES string of the molecule is CC(=O)c1c(C)[nH]c(C(=O)COC(=O)c2cccnc2N2CCCC2)c1C. The van der Waals surface area contributed by atoms with Gasteiger partial charge >= 0.3 is 5.97 Å². The van der Waals surface area contributed by atoms with Crippen molar-refractivity contribution in [2.75, 3.05) is 24.6 Å². The van der Waals surface area contributed by atoms with Crippen LogP contribution in [0.5, 0.6) is 0 Å². The number of carbonyl (C=O) groups excluding carboxylic acids is 3. The second kappa shape index (κ2) is 7.73. The molecule has 1 aliphatic heterocycles. The van der Waals surface area contributed by atoms with Crippen molar-refractivity contribution < 1.29 is 19.1 Å². The van der Waals surface area contributed by atoms with Crippen LogP contribution in [-0.4, -0.2) is 47.2 Å². The highest BCUT2D eigenvalue weighted by Crippen LogP contribution is 2.23. The van der Waals surface area contributed by atoms with Gasteiger partial charge in [0.05, 0.1) is 5.69 Å². The first-order chi connectivity index (χ1) is 12.9. The lowest BCUT2D eigenvalue weighted by atomic mass is 10.1. The molecule has 0 atom stereocenters. The Morgan fingerprint density at radius 1 is 1.22 bits per heavy atom. The normalized spacial score (nSPS) is 13.7. The largest absolute Gasteiger partial charge is 0.454 e. The highest BCUT2D eigenvalue weighted by Gasteiger charge is 2.24. The molecule has 2 aromatic rings. The number of aromatic nitrogens is 2. The van der Waals surface area contributed by atoms with Gasteiger partial charge in [-0.15, -0.1) is 0 Å². The zero-order valence-corrected chi connectivity index (χ0v) is 15.8. The van der Waals surface area contributed by atoms with Crippen molar-refractivity contribution in [3.05, 3.63) is 46.4 Å². The Balaban J connectivity index is 1.72.